The van der Waals surface area contributed by atoms with E-state index >= 15 is 0 Å². The maximum atomic E-state index is 12.2. The van der Waals surface area contributed by atoms with Crippen molar-refractivity contribution in [3.8, 4) is 17.5 Å². The zero-order chi connectivity index (χ0) is 17.5. The molecule has 8 heteroatoms. The number of tetrazole rings is 1. The Morgan fingerprint density at radius 2 is 2.12 bits per heavy atom. The zero-order valence-electron chi connectivity index (χ0n) is 14.0. The van der Waals surface area contributed by atoms with Crippen molar-refractivity contribution in [3.63, 3.8) is 0 Å². The summed E-state index contributed by atoms with van der Waals surface area (Å²) in [4.78, 5) is 12.2. The van der Waals surface area contributed by atoms with Crippen molar-refractivity contribution >= 4 is 11.7 Å². The van der Waals surface area contributed by atoms with E-state index in [2.05, 4.69) is 32.2 Å². The van der Waals surface area contributed by atoms with Crippen LogP contribution in [0.2, 0.25) is 0 Å². The molecule has 1 aromatic carbocycles. The Balaban J connectivity index is 2.22. The summed E-state index contributed by atoms with van der Waals surface area (Å²) in [7, 11) is 0. The summed E-state index contributed by atoms with van der Waals surface area (Å²) in [6.45, 7) is 5.89. The minimum absolute atomic E-state index is 0.0944. The van der Waals surface area contributed by atoms with Crippen LogP contribution in [0.4, 0.5) is 10.5 Å². The van der Waals surface area contributed by atoms with Gasteiger partial charge in [-0.2, -0.15) is 5.26 Å². The number of hydrogen-bond donors (Lipinski definition) is 2. The van der Waals surface area contributed by atoms with Gasteiger partial charge in [0.1, 0.15) is 0 Å². The van der Waals surface area contributed by atoms with E-state index in [0.717, 1.165) is 5.56 Å². The van der Waals surface area contributed by atoms with Gasteiger partial charge in [-0.3, -0.25) is 0 Å². The van der Waals surface area contributed by atoms with Crippen molar-refractivity contribution in [1.29, 1.82) is 5.26 Å². The van der Waals surface area contributed by atoms with E-state index in [1.165, 1.54) is 0 Å². The fraction of sp³-hybridized carbons (Fsp3) is 0.438. The normalized spacial score (nSPS) is 11.8. The average molecular weight is 327 g/mol. The fourth-order valence-corrected chi connectivity index (χ4v) is 2.26. The molecular formula is C16H21N7O. The van der Waals surface area contributed by atoms with Crippen LogP contribution in [0.25, 0.3) is 11.4 Å². The Morgan fingerprint density at radius 3 is 2.79 bits per heavy atom. The predicted octanol–water partition coefficient (Wildman–Crippen LogP) is 2.73. The molecule has 0 unspecified atom stereocenters. The lowest BCUT2D eigenvalue weighted by molar-refractivity contribution is 0.248. The number of para-hydroxylation sites is 1. The second kappa shape index (κ2) is 8.06. The molecule has 126 valence electrons. The zero-order valence-corrected chi connectivity index (χ0v) is 14.0. The molecule has 0 fully saturated rings. The van der Waals surface area contributed by atoms with Crippen LogP contribution in [-0.2, 0) is 0 Å². The minimum atomic E-state index is -0.354. The number of nitriles is 1. The third kappa shape index (κ3) is 4.07. The molecule has 0 saturated heterocycles. The third-order valence-corrected chi connectivity index (χ3v) is 3.56. The number of urea groups is 1. The standard InChI is InChI=1S/C16H21N7O/c1-4-12(9-10-17)18-16(24)19-14-8-6-5-7-13(14)15-20-21-22-23(15)11(2)3/h5-8,11-12H,4,9H2,1-3H3,(H2,18,19,24)/t12-/m1/s1. The number of aromatic nitrogens is 4. The molecule has 2 rings (SSSR count). The van der Waals surface area contributed by atoms with Gasteiger partial charge in [-0.05, 0) is 42.8 Å². The molecule has 2 amide bonds. The monoisotopic (exact) mass is 327 g/mol. The van der Waals surface area contributed by atoms with Crippen molar-refractivity contribution in [2.45, 2.75) is 45.7 Å². The van der Waals surface area contributed by atoms with Gasteiger partial charge in [-0.25, -0.2) is 9.48 Å². The Morgan fingerprint density at radius 1 is 1.38 bits per heavy atom. The second-order valence-electron chi connectivity index (χ2n) is 5.65. The number of carbonyl (C=O) groups is 1. The van der Waals surface area contributed by atoms with E-state index in [1.54, 1.807) is 10.7 Å². The van der Waals surface area contributed by atoms with Crippen molar-refractivity contribution in [2.75, 3.05) is 5.32 Å². The van der Waals surface area contributed by atoms with Gasteiger partial charge in [0.15, 0.2) is 5.82 Å². The number of carbonyl (C=O) groups excluding carboxylic acids is 1. The van der Waals surface area contributed by atoms with E-state index in [1.807, 2.05) is 39.0 Å². The highest BCUT2D eigenvalue weighted by Crippen LogP contribution is 2.27. The summed E-state index contributed by atoms with van der Waals surface area (Å²) in [5.74, 6) is 0.588. The Kier molecular flexibility index (Phi) is 5.84. The summed E-state index contributed by atoms with van der Waals surface area (Å²) in [5.41, 5.74) is 1.35. The van der Waals surface area contributed by atoms with Crippen LogP contribution in [0.15, 0.2) is 24.3 Å². The quantitative estimate of drug-likeness (QED) is 0.848. The van der Waals surface area contributed by atoms with Gasteiger partial charge in [0, 0.05) is 11.6 Å². The Hall–Kier alpha value is -2.95. The largest absolute Gasteiger partial charge is 0.334 e. The summed E-state index contributed by atoms with van der Waals surface area (Å²) < 4.78 is 1.70. The number of nitrogens with zero attached hydrogens (tertiary/aromatic N) is 5. The number of anilines is 1. The van der Waals surface area contributed by atoms with Crippen LogP contribution in [0, 0.1) is 11.3 Å². The number of nitrogens with one attached hydrogen (secondary N) is 2. The van der Waals surface area contributed by atoms with Gasteiger partial charge in [0.25, 0.3) is 0 Å². The number of rotatable bonds is 6. The molecule has 1 atom stereocenters. The molecule has 0 aliphatic carbocycles. The second-order valence-corrected chi connectivity index (χ2v) is 5.65. The molecule has 2 aromatic rings. The molecule has 24 heavy (non-hydrogen) atoms. The number of hydrogen-bond acceptors (Lipinski definition) is 5. The highest BCUT2D eigenvalue weighted by molar-refractivity contribution is 5.93. The molecule has 1 heterocycles. The first-order valence-electron chi connectivity index (χ1n) is 7.88. The lowest BCUT2D eigenvalue weighted by atomic mass is 10.1. The van der Waals surface area contributed by atoms with Crippen LogP contribution in [0.3, 0.4) is 0 Å². The molecule has 1 aromatic heterocycles. The summed E-state index contributed by atoms with van der Waals surface area (Å²) in [6, 6.07) is 8.97. The van der Waals surface area contributed by atoms with E-state index < -0.39 is 0 Å². The van der Waals surface area contributed by atoms with Gasteiger partial charge in [-0.1, -0.05) is 19.1 Å². The molecule has 0 spiro atoms. The maximum Gasteiger partial charge on any atom is 0.319 e. The van der Waals surface area contributed by atoms with E-state index in [-0.39, 0.29) is 24.5 Å². The first-order valence-corrected chi connectivity index (χ1v) is 7.88. The Labute approximate surface area is 140 Å². The lowest BCUT2D eigenvalue weighted by Crippen LogP contribution is -2.37. The fourth-order valence-electron chi connectivity index (χ4n) is 2.26. The lowest BCUT2D eigenvalue weighted by Gasteiger charge is -2.16. The van der Waals surface area contributed by atoms with Crippen LogP contribution in [0.1, 0.15) is 39.7 Å². The highest BCUT2D eigenvalue weighted by atomic mass is 16.2. The maximum absolute atomic E-state index is 12.2. The topological polar surface area (TPSA) is 109 Å². The smallest absolute Gasteiger partial charge is 0.319 e. The minimum Gasteiger partial charge on any atom is -0.334 e. The molecule has 0 radical (unpaired) electrons. The van der Waals surface area contributed by atoms with Crippen molar-refractivity contribution in [1.82, 2.24) is 25.5 Å². The molecule has 0 aliphatic rings. The van der Waals surface area contributed by atoms with E-state index in [9.17, 15) is 4.79 Å². The van der Waals surface area contributed by atoms with Crippen molar-refractivity contribution in [3.05, 3.63) is 24.3 Å². The van der Waals surface area contributed by atoms with Gasteiger partial charge in [0.2, 0.25) is 0 Å². The van der Waals surface area contributed by atoms with Crippen molar-refractivity contribution in [2.24, 2.45) is 0 Å². The third-order valence-electron chi connectivity index (χ3n) is 3.56. The van der Waals surface area contributed by atoms with Gasteiger partial charge < -0.3 is 10.6 Å². The van der Waals surface area contributed by atoms with Crippen molar-refractivity contribution < 1.29 is 4.79 Å². The summed E-state index contributed by atoms with van der Waals surface area (Å²) in [5, 5.41) is 26.2. The summed E-state index contributed by atoms with van der Waals surface area (Å²) in [6.07, 6.45) is 0.964. The van der Waals surface area contributed by atoms with Gasteiger partial charge >= 0.3 is 6.03 Å². The average Bonchev–Trinajstić information content (AvgIpc) is 3.04. The highest BCUT2D eigenvalue weighted by Gasteiger charge is 2.17. The number of amides is 2. The van der Waals surface area contributed by atoms with Crippen LogP contribution >= 0.6 is 0 Å². The molecule has 0 saturated carbocycles. The van der Waals surface area contributed by atoms with Crippen LogP contribution in [0.5, 0.6) is 0 Å². The first-order chi connectivity index (χ1) is 11.6. The van der Waals surface area contributed by atoms with E-state index in [0.29, 0.717) is 17.9 Å². The van der Waals surface area contributed by atoms with Gasteiger partial charge in [-0.15, -0.1) is 5.10 Å². The molecule has 8 nitrogen and oxygen atoms in total. The van der Waals surface area contributed by atoms with Crippen LogP contribution < -0.4 is 10.6 Å². The molecule has 2 N–H and O–H groups in total. The molecule has 0 aliphatic heterocycles. The Bertz CT molecular complexity index is 732. The summed E-state index contributed by atoms with van der Waals surface area (Å²) >= 11 is 0. The first kappa shape index (κ1) is 17.4. The van der Waals surface area contributed by atoms with E-state index in [4.69, 9.17) is 5.26 Å². The van der Waals surface area contributed by atoms with Crippen LogP contribution in [-0.4, -0.2) is 32.3 Å². The molecule has 0 bridgehead atoms. The molecular weight excluding hydrogens is 306 g/mol. The predicted molar refractivity (Wildman–Crippen MR) is 90.1 cm³/mol. The number of benzene rings is 1. The van der Waals surface area contributed by atoms with Gasteiger partial charge in [0.05, 0.1) is 24.2 Å². The SMILES string of the molecule is CC[C@H](CC#N)NC(=O)Nc1ccccc1-c1nnnn1C(C)C.